The molecule has 1 atom stereocenters. The zero-order chi connectivity index (χ0) is 9.90. The molecular weight excluding hydrogens is 152 g/mol. The Labute approximate surface area is 73.3 Å². The summed E-state index contributed by atoms with van der Waals surface area (Å²) in [7, 11) is 0. The van der Waals surface area contributed by atoms with Crippen molar-refractivity contribution in [3.05, 3.63) is 35.9 Å². The van der Waals surface area contributed by atoms with E-state index in [1.165, 1.54) is 0 Å². The summed E-state index contributed by atoms with van der Waals surface area (Å²) in [6, 6.07) is 8.64. The molecule has 64 valence electrons. The van der Waals surface area contributed by atoms with Gasteiger partial charge in [0.25, 0.3) is 0 Å². The van der Waals surface area contributed by atoms with Gasteiger partial charge in [0.05, 0.1) is 5.89 Å². The lowest BCUT2D eigenvalue weighted by molar-refractivity contribution is -0.138. The number of carboxylic acids is 1. The molecule has 1 rings (SSSR count). The Morgan fingerprint density at radius 1 is 1.58 bits per heavy atom. The highest BCUT2D eigenvalue weighted by Gasteiger charge is 2.16. The molecule has 2 heteroatoms. The first-order valence-electron chi connectivity index (χ1n) is 4.40. The number of carbonyl (C=O) groups is 1. The summed E-state index contributed by atoms with van der Waals surface area (Å²) in [4.78, 5) is 10.9. The van der Waals surface area contributed by atoms with Crippen molar-refractivity contribution >= 4 is 5.97 Å². The monoisotopic (exact) mass is 165 g/mol. The fraction of sp³-hybridized carbons (Fsp3) is 0.300. The van der Waals surface area contributed by atoms with Crippen LogP contribution in [0.5, 0.6) is 0 Å². The van der Waals surface area contributed by atoms with Gasteiger partial charge in [-0.2, -0.15) is 0 Å². The van der Waals surface area contributed by atoms with E-state index in [0.717, 1.165) is 0 Å². The molecule has 1 unspecified atom stereocenters. The van der Waals surface area contributed by atoms with Gasteiger partial charge >= 0.3 is 5.97 Å². The summed E-state index contributed by atoms with van der Waals surface area (Å²) in [6.07, 6.45) is 0.270. The number of carboxylic acid groups (broad SMARTS) is 1. The summed E-state index contributed by atoms with van der Waals surface area (Å²) in [5.41, 5.74) is 0.532. The standard InChI is InChI=1S/C10H12O2/c1-2-9(10(11)12)8-6-4-3-5-7-8/h3-7,9H,2H2,1H3,(H,11,12)/i9D. The third-order valence-electron chi connectivity index (χ3n) is 1.73. The number of aliphatic carboxylic acids is 1. The van der Waals surface area contributed by atoms with Crippen molar-refractivity contribution in [2.45, 2.75) is 19.2 Å². The lowest BCUT2D eigenvalue weighted by atomic mass is 9.97. The van der Waals surface area contributed by atoms with Crippen LogP contribution in [0.3, 0.4) is 0 Å². The van der Waals surface area contributed by atoms with Crippen molar-refractivity contribution in [3.8, 4) is 0 Å². The molecule has 0 aliphatic carbocycles. The third kappa shape index (κ3) is 1.84. The fourth-order valence-corrected chi connectivity index (χ4v) is 1.12. The van der Waals surface area contributed by atoms with Crippen molar-refractivity contribution in [2.24, 2.45) is 0 Å². The summed E-state index contributed by atoms with van der Waals surface area (Å²) in [6.45, 7) is 1.70. The van der Waals surface area contributed by atoms with Crippen LogP contribution < -0.4 is 0 Å². The fourth-order valence-electron chi connectivity index (χ4n) is 1.12. The largest absolute Gasteiger partial charge is 0.481 e. The topological polar surface area (TPSA) is 37.3 Å². The Kier molecular flexibility index (Phi) is 2.39. The summed E-state index contributed by atoms with van der Waals surface area (Å²) in [5, 5.41) is 8.90. The van der Waals surface area contributed by atoms with E-state index >= 15 is 0 Å². The van der Waals surface area contributed by atoms with Crippen LogP contribution in [-0.4, -0.2) is 11.1 Å². The molecule has 1 N–H and O–H groups in total. The highest BCUT2D eigenvalue weighted by atomic mass is 16.4. The van der Waals surface area contributed by atoms with E-state index in [0.29, 0.717) is 5.56 Å². The van der Waals surface area contributed by atoms with E-state index in [4.69, 9.17) is 6.48 Å². The Morgan fingerprint density at radius 3 is 2.58 bits per heavy atom. The molecule has 2 nitrogen and oxygen atoms in total. The van der Waals surface area contributed by atoms with Crippen molar-refractivity contribution in [3.63, 3.8) is 0 Å². The third-order valence-corrected chi connectivity index (χ3v) is 1.73. The van der Waals surface area contributed by atoms with Gasteiger partial charge in [-0.15, -0.1) is 0 Å². The van der Waals surface area contributed by atoms with Gasteiger partial charge in [-0.3, -0.25) is 4.79 Å². The van der Waals surface area contributed by atoms with Crippen LogP contribution in [0.25, 0.3) is 0 Å². The smallest absolute Gasteiger partial charge is 0.310 e. The quantitative estimate of drug-likeness (QED) is 0.745. The highest BCUT2D eigenvalue weighted by Crippen LogP contribution is 2.18. The van der Waals surface area contributed by atoms with Gasteiger partial charge in [0.15, 0.2) is 0 Å². The van der Waals surface area contributed by atoms with E-state index in [2.05, 4.69) is 0 Å². The predicted octanol–water partition coefficient (Wildman–Crippen LogP) is 2.26. The molecule has 0 saturated carbocycles. The molecular formula is C10H12O2. The Morgan fingerprint density at radius 2 is 2.17 bits per heavy atom. The van der Waals surface area contributed by atoms with Crippen LogP contribution in [0, 0.1) is 0 Å². The van der Waals surface area contributed by atoms with Crippen molar-refractivity contribution < 1.29 is 11.3 Å². The van der Waals surface area contributed by atoms with E-state index in [1.807, 2.05) is 0 Å². The Bertz CT molecular complexity index is 297. The minimum absolute atomic E-state index is 0.270. The Balaban J connectivity index is 3.11. The van der Waals surface area contributed by atoms with Crippen LogP contribution in [0.1, 0.15) is 26.2 Å². The van der Waals surface area contributed by atoms with Gasteiger partial charge in [0.2, 0.25) is 0 Å². The van der Waals surface area contributed by atoms with Crippen LogP contribution in [0.4, 0.5) is 0 Å². The zero-order valence-corrected chi connectivity index (χ0v) is 6.95. The molecule has 0 spiro atoms. The molecule has 0 saturated heterocycles. The molecule has 0 amide bonds. The van der Waals surface area contributed by atoms with E-state index < -0.39 is 11.9 Å². The van der Waals surface area contributed by atoms with E-state index in [-0.39, 0.29) is 6.42 Å². The maximum atomic E-state index is 10.9. The first-order chi connectivity index (χ1) is 6.11. The number of hydrogen-bond acceptors (Lipinski definition) is 1. The van der Waals surface area contributed by atoms with Gasteiger partial charge in [0, 0.05) is 1.37 Å². The van der Waals surface area contributed by atoms with Gasteiger partial charge in [-0.25, -0.2) is 0 Å². The summed E-state index contributed by atoms with van der Waals surface area (Å²) in [5.74, 6) is -2.59. The molecule has 0 heterocycles. The number of rotatable bonds is 3. The summed E-state index contributed by atoms with van der Waals surface area (Å²) < 4.78 is 7.77. The van der Waals surface area contributed by atoms with Crippen molar-refractivity contribution in [1.82, 2.24) is 0 Å². The molecule has 0 aliphatic heterocycles. The first kappa shape index (κ1) is 7.35. The average Bonchev–Trinajstić information content (AvgIpc) is 2.17. The lowest BCUT2D eigenvalue weighted by Crippen LogP contribution is -2.09. The second-order valence-electron chi connectivity index (χ2n) is 2.50. The molecule has 0 bridgehead atoms. The molecule has 1 aromatic rings. The molecule has 12 heavy (non-hydrogen) atoms. The SMILES string of the molecule is [2H]C(CC)(C(=O)O)c1ccccc1. The van der Waals surface area contributed by atoms with Gasteiger partial charge in [-0.05, 0) is 12.0 Å². The normalized spacial score (nSPS) is 16.2. The molecule has 1 aromatic carbocycles. The van der Waals surface area contributed by atoms with Crippen molar-refractivity contribution in [2.75, 3.05) is 0 Å². The predicted molar refractivity (Wildman–Crippen MR) is 47.1 cm³/mol. The van der Waals surface area contributed by atoms with E-state index in [1.54, 1.807) is 37.3 Å². The molecule has 0 radical (unpaired) electrons. The molecule has 0 fully saturated rings. The minimum atomic E-state index is -1.50. The highest BCUT2D eigenvalue weighted by molar-refractivity contribution is 5.75. The second-order valence-corrected chi connectivity index (χ2v) is 2.50. The van der Waals surface area contributed by atoms with Crippen molar-refractivity contribution in [1.29, 1.82) is 0 Å². The van der Waals surface area contributed by atoms with Gasteiger partial charge < -0.3 is 5.11 Å². The minimum Gasteiger partial charge on any atom is -0.481 e. The lowest BCUT2D eigenvalue weighted by Gasteiger charge is -2.08. The molecule has 0 aromatic heterocycles. The Hall–Kier alpha value is -1.31. The number of benzene rings is 1. The first-order valence-corrected chi connectivity index (χ1v) is 3.90. The zero-order valence-electron chi connectivity index (χ0n) is 7.95. The number of hydrogen-bond donors (Lipinski definition) is 1. The van der Waals surface area contributed by atoms with Crippen LogP contribution >= 0.6 is 0 Å². The van der Waals surface area contributed by atoms with Gasteiger partial charge in [-0.1, -0.05) is 37.3 Å². The van der Waals surface area contributed by atoms with Crippen LogP contribution in [0.15, 0.2) is 30.3 Å². The van der Waals surface area contributed by atoms with Crippen LogP contribution in [0.2, 0.25) is 0 Å². The van der Waals surface area contributed by atoms with Gasteiger partial charge in [0.1, 0.15) is 0 Å². The maximum absolute atomic E-state index is 10.9. The maximum Gasteiger partial charge on any atom is 0.310 e. The second kappa shape index (κ2) is 3.90. The molecule has 0 aliphatic rings. The van der Waals surface area contributed by atoms with Crippen LogP contribution in [-0.2, 0) is 4.79 Å². The average molecular weight is 165 g/mol. The van der Waals surface area contributed by atoms with E-state index in [9.17, 15) is 4.79 Å². The summed E-state index contributed by atoms with van der Waals surface area (Å²) >= 11 is 0.